The molecule has 0 radical (unpaired) electrons. The average molecular weight is 315 g/mol. The average Bonchev–Trinajstić information content (AvgIpc) is 2.96. The third kappa shape index (κ3) is 3.57. The monoisotopic (exact) mass is 315 g/mol. The van der Waals surface area contributed by atoms with Crippen LogP contribution < -0.4 is 4.90 Å². The highest BCUT2D eigenvalue weighted by Crippen LogP contribution is 2.17. The van der Waals surface area contributed by atoms with Gasteiger partial charge in [-0.3, -0.25) is 4.79 Å². The first-order valence-corrected chi connectivity index (χ1v) is 8.68. The van der Waals surface area contributed by atoms with E-state index in [1.165, 1.54) is 16.0 Å². The molecule has 1 fully saturated rings. The summed E-state index contributed by atoms with van der Waals surface area (Å²) >= 11 is 1.60. The third-order valence-corrected chi connectivity index (χ3v) is 5.27. The molecule has 0 spiro atoms. The lowest BCUT2D eigenvalue weighted by Gasteiger charge is -2.32. The number of nitrogens with one attached hydrogen (secondary N) is 1. The van der Waals surface area contributed by atoms with Gasteiger partial charge in [0, 0.05) is 10.4 Å². The first kappa shape index (κ1) is 15.3. The van der Waals surface area contributed by atoms with Gasteiger partial charge >= 0.3 is 0 Å². The number of hydrogen-bond donors (Lipinski definition) is 1. The van der Waals surface area contributed by atoms with E-state index in [4.69, 9.17) is 0 Å². The molecule has 3 nitrogen and oxygen atoms in total. The quantitative estimate of drug-likeness (QED) is 0.919. The molecule has 1 amide bonds. The van der Waals surface area contributed by atoms with Crippen LogP contribution in [0.2, 0.25) is 0 Å². The first-order chi connectivity index (χ1) is 10.6. The Morgan fingerprint density at radius 3 is 2.36 bits per heavy atom. The molecular formula is C18H23N2OS+. The predicted molar refractivity (Wildman–Crippen MR) is 90.5 cm³/mol. The Morgan fingerprint density at radius 2 is 1.77 bits per heavy atom. The second-order valence-electron chi connectivity index (χ2n) is 6.11. The second-order valence-corrected chi connectivity index (χ2v) is 7.40. The van der Waals surface area contributed by atoms with Gasteiger partial charge in [-0.25, -0.2) is 0 Å². The number of aryl methyl sites for hydroxylation is 2. The van der Waals surface area contributed by atoms with Crippen molar-refractivity contribution in [2.24, 2.45) is 0 Å². The lowest BCUT2D eigenvalue weighted by atomic mass is 10.1. The fourth-order valence-electron chi connectivity index (χ4n) is 2.90. The minimum atomic E-state index is 0.201. The first-order valence-electron chi connectivity index (χ1n) is 7.86. The molecule has 1 aromatic heterocycles. The summed E-state index contributed by atoms with van der Waals surface area (Å²) in [5.74, 6) is 0.201. The van der Waals surface area contributed by atoms with Gasteiger partial charge in [0.2, 0.25) is 0 Å². The van der Waals surface area contributed by atoms with Crippen molar-refractivity contribution < 1.29 is 9.69 Å². The lowest BCUT2D eigenvalue weighted by molar-refractivity contribution is -0.917. The molecule has 0 atom stereocenters. The summed E-state index contributed by atoms with van der Waals surface area (Å²) in [6, 6.07) is 12.8. The molecule has 0 bridgehead atoms. The standard InChI is InChI=1S/C18H22N2OS/c1-14-3-6-16(7-4-14)13-19-9-11-20(12-10-19)18(21)17-8-5-15(2)22-17/h3-8H,9-13H2,1-2H3/p+1. The van der Waals surface area contributed by atoms with Gasteiger partial charge in [0.25, 0.3) is 5.91 Å². The molecule has 0 unspecified atom stereocenters. The fourth-order valence-corrected chi connectivity index (χ4v) is 3.74. The van der Waals surface area contributed by atoms with Crippen molar-refractivity contribution in [2.75, 3.05) is 26.2 Å². The molecule has 116 valence electrons. The molecule has 0 saturated carbocycles. The van der Waals surface area contributed by atoms with Gasteiger partial charge in [0.1, 0.15) is 6.54 Å². The number of amides is 1. The number of benzene rings is 1. The van der Waals surface area contributed by atoms with Gasteiger partial charge in [-0.1, -0.05) is 29.8 Å². The van der Waals surface area contributed by atoms with Gasteiger partial charge in [-0.15, -0.1) is 11.3 Å². The van der Waals surface area contributed by atoms with E-state index in [1.54, 1.807) is 16.2 Å². The van der Waals surface area contributed by atoms with Crippen LogP contribution in [0.1, 0.15) is 25.7 Å². The van der Waals surface area contributed by atoms with Gasteiger partial charge in [-0.05, 0) is 26.0 Å². The van der Waals surface area contributed by atoms with Crippen molar-refractivity contribution in [3.8, 4) is 0 Å². The maximum absolute atomic E-state index is 12.4. The molecule has 0 aliphatic carbocycles. The van der Waals surface area contributed by atoms with E-state index in [0.717, 1.165) is 37.6 Å². The lowest BCUT2D eigenvalue weighted by Crippen LogP contribution is -3.13. The van der Waals surface area contributed by atoms with E-state index in [2.05, 4.69) is 31.2 Å². The number of carbonyl (C=O) groups excluding carboxylic acids is 1. The van der Waals surface area contributed by atoms with Gasteiger partial charge in [0.05, 0.1) is 31.1 Å². The van der Waals surface area contributed by atoms with E-state index in [-0.39, 0.29) is 5.91 Å². The Hall–Kier alpha value is -1.65. The highest BCUT2D eigenvalue weighted by molar-refractivity contribution is 7.13. The highest BCUT2D eigenvalue weighted by Gasteiger charge is 2.25. The normalized spacial score (nSPS) is 16.0. The van der Waals surface area contributed by atoms with Gasteiger partial charge < -0.3 is 9.80 Å². The van der Waals surface area contributed by atoms with Crippen molar-refractivity contribution in [3.63, 3.8) is 0 Å². The Bertz CT molecular complexity index is 639. The summed E-state index contributed by atoms with van der Waals surface area (Å²) < 4.78 is 0. The van der Waals surface area contributed by atoms with Crippen LogP contribution in [0.15, 0.2) is 36.4 Å². The molecule has 2 heterocycles. The van der Waals surface area contributed by atoms with Crippen LogP contribution in [-0.4, -0.2) is 37.0 Å². The van der Waals surface area contributed by atoms with Crippen LogP contribution >= 0.6 is 11.3 Å². The van der Waals surface area contributed by atoms with Crippen LogP contribution in [0.5, 0.6) is 0 Å². The zero-order valence-corrected chi connectivity index (χ0v) is 14.1. The number of nitrogens with zero attached hydrogens (tertiary/aromatic N) is 1. The number of rotatable bonds is 3. The predicted octanol–water partition coefficient (Wildman–Crippen LogP) is 1.91. The van der Waals surface area contributed by atoms with Crippen molar-refractivity contribution >= 4 is 17.2 Å². The zero-order valence-electron chi connectivity index (χ0n) is 13.3. The molecule has 22 heavy (non-hydrogen) atoms. The van der Waals surface area contributed by atoms with Crippen molar-refractivity contribution in [1.29, 1.82) is 0 Å². The summed E-state index contributed by atoms with van der Waals surface area (Å²) in [5.41, 5.74) is 2.69. The molecule has 1 aliphatic heterocycles. The number of quaternary nitrogens is 1. The third-order valence-electron chi connectivity index (χ3n) is 4.28. The molecule has 4 heteroatoms. The summed E-state index contributed by atoms with van der Waals surface area (Å²) in [6.07, 6.45) is 0. The minimum Gasteiger partial charge on any atom is -0.328 e. The maximum Gasteiger partial charge on any atom is 0.264 e. The Labute approximate surface area is 136 Å². The molecule has 1 saturated heterocycles. The maximum atomic E-state index is 12.4. The van der Waals surface area contributed by atoms with E-state index in [9.17, 15) is 4.79 Å². The Balaban J connectivity index is 1.54. The Morgan fingerprint density at radius 1 is 1.09 bits per heavy atom. The van der Waals surface area contributed by atoms with E-state index in [1.807, 2.05) is 24.0 Å². The van der Waals surface area contributed by atoms with Crippen molar-refractivity contribution in [3.05, 3.63) is 57.3 Å². The number of hydrogen-bond acceptors (Lipinski definition) is 2. The van der Waals surface area contributed by atoms with Crippen LogP contribution in [0.4, 0.5) is 0 Å². The van der Waals surface area contributed by atoms with Gasteiger partial charge in [0.15, 0.2) is 0 Å². The van der Waals surface area contributed by atoms with Crippen LogP contribution in [0.25, 0.3) is 0 Å². The molecule has 3 rings (SSSR count). The van der Waals surface area contributed by atoms with E-state index in [0.29, 0.717) is 0 Å². The zero-order chi connectivity index (χ0) is 15.5. The molecule has 1 aromatic carbocycles. The van der Waals surface area contributed by atoms with Crippen LogP contribution in [-0.2, 0) is 6.54 Å². The highest BCUT2D eigenvalue weighted by atomic mass is 32.1. The summed E-state index contributed by atoms with van der Waals surface area (Å²) in [7, 11) is 0. The minimum absolute atomic E-state index is 0.201. The molecular weight excluding hydrogens is 292 g/mol. The summed E-state index contributed by atoms with van der Waals surface area (Å²) in [4.78, 5) is 18.1. The van der Waals surface area contributed by atoms with E-state index >= 15 is 0 Å². The Kier molecular flexibility index (Phi) is 4.60. The fraction of sp³-hybridized carbons (Fsp3) is 0.389. The van der Waals surface area contributed by atoms with Crippen LogP contribution in [0.3, 0.4) is 0 Å². The van der Waals surface area contributed by atoms with Crippen molar-refractivity contribution in [1.82, 2.24) is 4.90 Å². The number of carbonyl (C=O) groups is 1. The number of piperazine rings is 1. The summed E-state index contributed by atoms with van der Waals surface area (Å²) in [6.45, 7) is 9.00. The van der Waals surface area contributed by atoms with E-state index < -0.39 is 0 Å². The summed E-state index contributed by atoms with van der Waals surface area (Å²) in [5, 5.41) is 0. The topological polar surface area (TPSA) is 24.8 Å². The number of thiophene rings is 1. The van der Waals surface area contributed by atoms with Crippen LogP contribution in [0, 0.1) is 13.8 Å². The SMILES string of the molecule is Cc1ccc(C[NH+]2CCN(C(=O)c3ccc(C)s3)CC2)cc1. The molecule has 2 aromatic rings. The largest absolute Gasteiger partial charge is 0.328 e. The second kappa shape index (κ2) is 6.63. The smallest absolute Gasteiger partial charge is 0.264 e. The van der Waals surface area contributed by atoms with Gasteiger partial charge in [-0.2, -0.15) is 0 Å². The molecule has 1 aliphatic rings. The van der Waals surface area contributed by atoms with Crippen molar-refractivity contribution in [2.45, 2.75) is 20.4 Å². The molecule has 1 N–H and O–H groups in total.